The Hall–Kier alpha value is -2.48. The van der Waals surface area contributed by atoms with Crippen LogP contribution >= 0.6 is 11.3 Å². The molecular weight excluding hydrogens is 339 g/mol. The highest BCUT2D eigenvalue weighted by Gasteiger charge is 2.29. The Labute approximate surface area is 138 Å². The van der Waals surface area contributed by atoms with E-state index in [1.54, 1.807) is 0 Å². The molecule has 0 fully saturated rings. The number of fused-ring (bicyclic) bond motifs is 1. The molecule has 4 nitrogen and oxygen atoms in total. The SMILES string of the molecule is Cc1sc2ncn(/N=C\c3ccc(C(F)(F)F)cc3)c(=O)c2c1C. The summed E-state index contributed by atoms with van der Waals surface area (Å²) in [6, 6.07) is 4.53. The molecule has 0 unspecified atom stereocenters. The fourth-order valence-corrected chi connectivity index (χ4v) is 3.18. The van der Waals surface area contributed by atoms with Crippen molar-refractivity contribution in [1.29, 1.82) is 0 Å². The van der Waals surface area contributed by atoms with Gasteiger partial charge in [-0.25, -0.2) is 4.98 Å². The third kappa shape index (κ3) is 2.96. The van der Waals surface area contributed by atoms with Crippen LogP contribution in [0.2, 0.25) is 0 Å². The van der Waals surface area contributed by atoms with Gasteiger partial charge in [0, 0.05) is 4.88 Å². The molecule has 2 heterocycles. The van der Waals surface area contributed by atoms with Crippen LogP contribution in [0.4, 0.5) is 13.2 Å². The first-order valence-electron chi connectivity index (χ1n) is 6.96. The van der Waals surface area contributed by atoms with Gasteiger partial charge in [-0.05, 0) is 37.1 Å². The summed E-state index contributed by atoms with van der Waals surface area (Å²) in [5, 5.41) is 4.53. The highest BCUT2D eigenvalue weighted by atomic mass is 32.1. The van der Waals surface area contributed by atoms with E-state index in [1.807, 2.05) is 13.8 Å². The van der Waals surface area contributed by atoms with Crippen molar-refractivity contribution in [3.8, 4) is 0 Å². The van der Waals surface area contributed by atoms with Crippen LogP contribution in [0.15, 0.2) is 40.5 Å². The number of thiophene rings is 1. The van der Waals surface area contributed by atoms with Crippen LogP contribution in [0.3, 0.4) is 0 Å². The van der Waals surface area contributed by atoms with Crippen molar-refractivity contribution in [3.63, 3.8) is 0 Å². The molecule has 0 aliphatic heterocycles. The minimum Gasteiger partial charge on any atom is -0.267 e. The van der Waals surface area contributed by atoms with E-state index in [0.717, 1.165) is 27.2 Å². The van der Waals surface area contributed by atoms with Gasteiger partial charge in [0.05, 0.1) is 17.2 Å². The van der Waals surface area contributed by atoms with Gasteiger partial charge < -0.3 is 0 Å². The molecule has 0 atom stereocenters. The van der Waals surface area contributed by atoms with Crippen molar-refractivity contribution in [2.45, 2.75) is 20.0 Å². The first kappa shape index (κ1) is 16.4. The second kappa shape index (κ2) is 5.86. The topological polar surface area (TPSA) is 47.2 Å². The van der Waals surface area contributed by atoms with Crippen LogP contribution < -0.4 is 5.56 Å². The second-order valence-corrected chi connectivity index (χ2v) is 6.43. The summed E-state index contributed by atoms with van der Waals surface area (Å²) in [4.78, 5) is 18.3. The summed E-state index contributed by atoms with van der Waals surface area (Å²) >= 11 is 1.44. The Morgan fingerprint density at radius 1 is 1.21 bits per heavy atom. The lowest BCUT2D eigenvalue weighted by atomic mass is 10.1. The zero-order chi connectivity index (χ0) is 17.5. The molecule has 0 N–H and O–H groups in total. The van der Waals surface area contributed by atoms with E-state index in [1.165, 1.54) is 36.0 Å². The molecule has 3 rings (SSSR count). The van der Waals surface area contributed by atoms with Crippen LogP contribution in [0, 0.1) is 13.8 Å². The number of aryl methyl sites for hydroxylation is 2. The summed E-state index contributed by atoms with van der Waals surface area (Å²) in [7, 11) is 0. The van der Waals surface area contributed by atoms with Crippen LogP contribution in [0.1, 0.15) is 21.6 Å². The fraction of sp³-hybridized carbons (Fsp3) is 0.188. The van der Waals surface area contributed by atoms with Gasteiger partial charge in [0.2, 0.25) is 0 Å². The van der Waals surface area contributed by atoms with E-state index in [9.17, 15) is 18.0 Å². The second-order valence-electron chi connectivity index (χ2n) is 5.22. The number of aromatic nitrogens is 2. The first-order valence-corrected chi connectivity index (χ1v) is 7.78. The van der Waals surface area contributed by atoms with Gasteiger partial charge in [0.15, 0.2) is 0 Å². The maximum Gasteiger partial charge on any atom is 0.416 e. The zero-order valence-electron chi connectivity index (χ0n) is 12.8. The highest BCUT2D eigenvalue weighted by Crippen LogP contribution is 2.29. The summed E-state index contributed by atoms with van der Waals surface area (Å²) < 4.78 is 38.7. The Kier molecular flexibility index (Phi) is 4.00. The lowest BCUT2D eigenvalue weighted by Gasteiger charge is -2.05. The van der Waals surface area contributed by atoms with Gasteiger partial charge in [0.25, 0.3) is 5.56 Å². The summed E-state index contributed by atoms with van der Waals surface area (Å²) in [6.07, 6.45) is -1.75. The Balaban J connectivity index is 1.95. The average molecular weight is 351 g/mol. The van der Waals surface area contributed by atoms with Gasteiger partial charge in [-0.1, -0.05) is 12.1 Å². The predicted molar refractivity (Wildman–Crippen MR) is 87.8 cm³/mol. The Morgan fingerprint density at radius 2 is 1.88 bits per heavy atom. The van der Waals surface area contributed by atoms with Gasteiger partial charge >= 0.3 is 6.18 Å². The van der Waals surface area contributed by atoms with Gasteiger partial charge in [-0.2, -0.15) is 22.9 Å². The fourth-order valence-electron chi connectivity index (χ4n) is 2.20. The van der Waals surface area contributed by atoms with Gasteiger partial charge in [-0.15, -0.1) is 11.3 Å². The van der Waals surface area contributed by atoms with Crippen molar-refractivity contribution in [2.24, 2.45) is 5.10 Å². The first-order chi connectivity index (χ1) is 11.3. The lowest BCUT2D eigenvalue weighted by molar-refractivity contribution is -0.137. The van der Waals surface area contributed by atoms with E-state index in [-0.39, 0.29) is 5.56 Å². The number of nitrogens with zero attached hydrogens (tertiary/aromatic N) is 3. The maximum absolute atomic E-state index is 12.5. The van der Waals surface area contributed by atoms with E-state index < -0.39 is 11.7 Å². The van der Waals surface area contributed by atoms with Crippen molar-refractivity contribution in [3.05, 3.63) is 62.5 Å². The largest absolute Gasteiger partial charge is 0.416 e. The summed E-state index contributed by atoms with van der Waals surface area (Å²) in [5.41, 5.74) is 0.286. The smallest absolute Gasteiger partial charge is 0.267 e. The molecule has 0 saturated heterocycles. The molecule has 1 aromatic carbocycles. The number of alkyl halides is 3. The average Bonchev–Trinajstić information content (AvgIpc) is 2.82. The molecule has 0 amide bonds. The van der Waals surface area contributed by atoms with E-state index in [0.29, 0.717) is 15.8 Å². The van der Waals surface area contributed by atoms with E-state index in [2.05, 4.69) is 10.1 Å². The number of halogens is 3. The minimum atomic E-state index is -4.38. The number of rotatable bonds is 2. The molecular formula is C16H12F3N3OS. The van der Waals surface area contributed by atoms with Crippen molar-refractivity contribution in [2.75, 3.05) is 0 Å². The molecule has 0 bridgehead atoms. The summed E-state index contributed by atoms with van der Waals surface area (Å²) in [5.74, 6) is 0. The normalized spacial score (nSPS) is 12.4. The molecule has 0 aliphatic rings. The van der Waals surface area contributed by atoms with Crippen molar-refractivity contribution < 1.29 is 13.2 Å². The van der Waals surface area contributed by atoms with Crippen molar-refractivity contribution in [1.82, 2.24) is 9.66 Å². The maximum atomic E-state index is 12.5. The van der Waals surface area contributed by atoms with Crippen LogP contribution in [-0.2, 0) is 6.18 Å². The molecule has 0 saturated carbocycles. The molecule has 8 heteroatoms. The molecule has 24 heavy (non-hydrogen) atoms. The predicted octanol–water partition coefficient (Wildman–Crippen LogP) is 3.98. The highest BCUT2D eigenvalue weighted by molar-refractivity contribution is 7.18. The quantitative estimate of drug-likeness (QED) is 0.656. The van der Waals surface area contributed by atoms with E-state index >= 15 is 0 Å². The van der Waals surface area contributed by atoms with Gasteiger partial charge in [0.1, 0.15) is 11.2 Å². The molecule has 0 spiro atoms. The molecule has 124 valence electrons. The third-order valence-electron chi connectivity index (χ3n) is 3.64. The molecule has 2 aromatic heterocycles. The molecule has 0 aliphatic carbocycles. The summed E-state index contributed by atoms with van der Waals surface area (Å²) in [6.45, 7) is 3.76. The van der Waals surface area contributed by atoms with Gasteiger partial charge in [-0.3, -0.25) is 4.79 Å². The minimum absolute atomic E-state index is 0.301. The lowest BCUT2D eigenvalue weighted by Crippen LogP contribution is -2.17. The monoisotopic (exact) mass is 351 g/mol. The number of hydrogen-bond acceptors (Lipinski definition) is 4. The zero-order valence-corrected chi connectivity index (χ0v) is 13.6. The Bertz CT molecular complexity index is 985. The van der Waals surface area contributed by atoms with Crippen LogP contribution in [0.5, 0.6) is 0 Å². The van der Waals surface area contributed by atoms with Crippen LogP contribution in [-0.4, -0.2) is 15.9 Å². The van der Waals surface area contributed by atoms with Crippen LogP contribution in [0.25, 0.3) is 10.2 Å². The number of hydrogen-bond donors (Lipinski definition) is 0. The number of benzene rings is 1. The van der Waals surface area contributed by atoms with E-state index in [4.69, 9.17) is 0 Å². The Morgan fingerprint density at radius 3 is 2.50 bits per heavy atom. The molecule has 3 aromatic rings. The molecule has 0 radical (unpaired) electrons. The standard InChI is InChI=1S/C16H12F3N3OS/c1-9-10(2)24-14-13(9)15(23)22(8-20-14)21-7-11-3-5-12(6-4-11)16(17,18)19/h3-8H,1-2H3/b21-7-. The third-order valence-corrected chi connectivity index (χ3v) is 4.76. The van der Waals surface area contributed by atoms with Crippen molar-refractivity contribution >= 4 is 27.8 Å².